The lowest BCUT2D eigenvalue weighted by Crippen LogP contribution is -2.07. The summed E-state index contributed by atoms with van der Waals surface area (Å²) < 4.78 is 11.7. The van der Waals surface area contributed by atoms with Crippen LogP contribution in [0.4, 0.5) is 5.69 Å². The van der Waals surface area contributed by atoms with Crippen molar-refractivity contribution in [2.75, 3.05) is 14.2 Å². The minimum absolute atomic E-state index is 0.0864. The molecule has 0 aliphatic rings. The molecule has 138 valence electrons. The molecule has 0 aliphatic carbocycles. The Hall–Kier alpha value is -3.88. The van der Waals surface area contributed by atoms with Gasteiger partial charge >= 0.3 is 5.97 Å². The van der Waals surface area contributed by atoms with Crippen molar-refractivity contribution < 1.29 is 24.3 Å². The molecule has 2 aromatic carbocycles. The highest BCUT2D eigenvalue weighted by Crippen LogP contribution is 2.33. The molecule has 9 nitrogen and oxygen atoms in total. The van der Waals surface area contributed by atoms with Crippen LogP contribution in [0.15, 0.2) is 48.5 Å². The summed E-state index contributed by atoms with van der Waals surface area (Å²) in [5.41, 5.74) is 1.17. The number of carboxylic acids is 1. The van der Waals surface area contributed by atoms with Crippen molar-refractivity contribution in [3.63, 3.8) is 0 Å². The maximum Gasteiger partial charge on any atom is 0.354 e. The number of nitro groups is 1. The van der Waals surface area contributed by atoms with Gasteiger partial charge in [0.15, 0.2) is 5.69 Å². The number of aromatic nitrogens is 2. The van der Waals surface area contributed by atoms with Gasteiger partial charge in [-0.05, 0) is 30.3 Å². The Balaban J connectivity index is 2.11. The van der Waals surface area contributed by atoms with E-state index in [9.17, 15) is 20.0 Å². The second-order valence-electron chi connectivity index (χ2n) is 5.47. The van der Waals surface area contributed by atoms with Crippen LogP contribution in [0.5, 0.6) is 11.5 Å². The van der Waals surface area contributed by atoms with E-state index in [2.05, 4.69) is 5.10 Å². The zero-order valence-electron chi connectivity index (χ0n) is 14.4. The van der Waals surface area contributed by atoms with Crippen LogP contribution in [-0.2, 0) is 0 Å². The molecule has 1 N–H and O–H groups in total. The molecule has 0 aliphatic heterocycles. The molecule has 1 aromatic heterocycles. The quantitative estimate of drug-likeness (QED) is 0.524. The summed E-state index contributed by atoms with van der Waals surface area (Å²) in [6, 6.07) is 12.0. The second kappa shape index (κ2) is 7.16. The topological polar surface area (TPSA) is 117 Å². The Bertz CT molecular complexity index is 1010. The number of aromatic carboxylic acids is 1. The third-order valence-corrected chi connectivity index (χ3v) is 3.92. The predicted octanol–water partition coefficient (Wildman–Crippen LogP) is 3.16. The minimum Gasteiger partial charge on any atom is -0.497 e. The third-order valence-electron chi connectivity index (χ3n) is 3.92. The zero-order chi connectivity index (χ0) is 19.6. The summed E-state index contributed by atoms with van der Waals surface area (Å²) in [6.07, 6.45) is 0. The Kier molecular flexibility index (Phi) is 4.75. The number of carboxylic acid groups (broad SMARTS) is 1. The van der Waals surface area contributed by atoms with Crippen LogP contribution in [0.25, 0.3) is 16.9 Å². The van der Waals surface area contributed by atoms with E-state index < -0.39 is 10.9 Å². The van der Waals surface area contributed by atoms with E-state index in [4.69, 9.17) is 9.47 Å². The second-order valence-corrected chi connectivity index (χ2v) is 5.47. The lowest BCUT2D eigenvalue weighted by molar-refractivity contribution is -0.384. The van der Waals surface area contributed by atoms with E-state index >= 15 is 0 Å². The first kappa shape index (κ1) is 17.9. The number of ether oxygens (including phenoxy) is 2. The molecule has 9 heteroatoms. The zero-order valence-corrected chi connectivity index (χ0v) is 14.4. The van der Waals surface area contributed by atoms with Gasteiger partial charge in [0.25, 0.3) is 5.69 Å². The third kappa shape index (κ3) is 3.43. The molecular weight excluding hydrogens is 354 g/mol. The molecule has 0 fully saturated rings. The normalized spacial score (nSPS) is 10.4. The highest BCUT2D eigenvalue weighted by Gasteiger charge is 2.19. The van der Waals surface area contributed by atoms with E-state index in [1.54, 1.807) is 18.2 Å². The van der Waals surface area contributed by atoms with Crippen molar-refractivity contribution in [3.05, 3.63) is 64.3 Å². The maximum atomic E-state index is 11.6. The lowest BCUT2D eigenvalue weighted by atomic mass is 10.1. The summed E-state index contributed by atoms with van der Waals surface area (Å²) in [5, 5.41) is 24.7. The number of hydrogen-bond acceptors (Lipinski definition) is 6. The number of nitro benzene ring substituents is 1. The van der Waals surface area contributed by atoms with Gasteiger partial charge in [0, 0.05) is 23.8 Å². The first-order chi connectivity index (χ1) is 12.9. The van der Waals surface area contributed by atoms with Crippen LogP contribution in [0.2, 0.25) is 0 Å². The van der Waals surface area contributed by atoms with Crippen molar-refractivity contribution in [1.82, 2.24) is 9.78 Å². The summed E-state index contributed by atoms with van der Waals surface area (Å²) >= 11 is 0. The van der Waals surface area contributed by atoms with Crippen LogP contribution < -0.4 is 9.47 Å². The van der Waals surface area contributed by atoms with Crippen molar-refractivity contribution in [1.29, 1.82) is 0 Å². The molecule has 0 atom stereocenters. The first-order valence-corrected chi connectivity index (χ1v) is 7.75. The fourth-order valence-electron chi connectivity index (χ4n) is 2.59. The van der Waals surface area contributed by atoms with Crippen molar-refractivity contribution >= 4 is 11.7 Å². The maximum absolute atomic E-state index is 11.6. The van der Waals surface area contributed by atoms with E-state index in [0.717, 1.165) is 0 Å². The highest BCUT2D eigenvalue weighted by molar-refractivity contribution is 5.88. The summed E-state index contributed by atoms with van der Waals surface area (Å²) in [6.45, 7) is 0. The lowest BCUT2D eigenvalue weighted by Gasteiger charge is -2.08. The van der Waals surface area contributed by atoms with E-state index in [0.29, 0.717) is 28.4 Å². The number of methoxy groups -OCH3 is 2. The van der Waals surface area contributed by atoms with Crippen LogP contribution in [0, 0.1) is 10.1 Å². The molecule has 3 rings (SSSR count). The Morgan fingerprint density at radius 2 is 1.81 bits per heavy atom. The largest absolute Gasteiger partial charge is 0.497 e. The molecule has 0 saturated carbocycles. The van der Waals surface area contributed by atoms with Gasteiger partial charge in [-0.15, -0.1) is 0 Å². The van der Waals surface area contributed by atoms with Gasteiger partial charge < -0.3 is 14.6 Å². The van der Waals surface area contributed by atoms with Crippen molar-refractivity contribution in [3.8, 4) is 28.4 Å². The van der Waals surface area contributed by atoms with Crippen LogP contribution in [0.3, 0.4) is 0 Å². The van der Waals surface area contributed by atoms with Gasteiger partial charge in [0.1, 0.15) is 11.5 Å². The number of non-ortho nitro benzene ring substituents is 1. The van der Waals surface area contributed by atoms with Crippen molar-refractivity contribution in [2.24, 2.45) is 0 Å². The van der Waals surface area contributed by atoms with Gasteiger partial charge in [-0.3, -0.25) is 10.1 Å². The number of nitrogens with zero attached hydrogens (tertiary/aromatic N) is 3. The number of rotatable bonds is 6. The molecule has 1 heterocycles. The average Bonchev–Trinajstić information content (AvgIpc) is 3.13. The molecule has 0 saturated heterocycles. The summed E-state index contributed by atoms with van der Waals surface area (Å²) in [7, 11) is 3.02. The smallest absolute Gasteiger partial charge is 0.354 e. The van der Waals surface area contributed by atoms with Gasteiger partial charge in [0.05, 0.1) is 30.5 Å². The fraction of sp³-hybridized carbons (Fsp3) is 0.111. The van der Waals surface area contributed by atoms with E-state index in [1.165, 1.54) is 49.2 Å². The van der Waals surface area contributed by atoms with Gasteiger partial charge in [-0.1, -0.05) is 0 Å². The average molecular weight is 369 g/mol. The monoisotopic (exact) mass is 369 g/mol. The standard InChI is InChI=1S/C18H15N3O6/c1-26-13-7-8-14(17(9-13)27-2)15-10-16(18(22)23)20(19-15)11-3-5-12(6-4-11)21(24)25/h3-10H,1-2H3,(H,22,23). The summed E-state index contributed by atoms with van der Waals surface area (Å²) in [4.78, 5) is 21.9. The van der Waals surface area contributed by atoms with Crippen LogP contribution >= 0.6 is 0 Å². The Labute approximate surface area is 153 Å². The molecule has 0 unspecified atom stereocenters. The fourth-order valence-corrected chi connectivity index (χ4v) is 2.59. The molecule has 0 amide bonds. The minimum atomic E-state index is -1.18. The van der Waals surface area contributed by atoms with Gasteiger partial charge in [-0.2, -0.15) is 5.10 Å². The predicted molar refractivity (Wildman–Crippen MR) is 95.7 cm³/mol. The van der Waals surface area contributed by atoms with E-state index in [1.807, 2.05) is 0 Å². The molecular formula is C18H15N3O6. The molecule has 0 radical (unpaired) electrons. The van der Waals surface area contributed by atoms with Crippen molar-refractivity contribution in [2.45, 2.75) is 0 Å². The first-order valence-electron chi connectivity index (χ1n) is 7.75. The van der Waals surface area contributed by atoms with Gasteiger partial charge in [0.2, 0.25) is 0 Å². The number of benzene rings is 2. The van der Waals surface area contributed by atoms with Gasteiger partial charge in [-0.25, -0.2) is 9.48 Å². The molecule has 27 heavy (non-hydrogen) atoms. The number of carbonyl (C=O) groups is 1. The van der Waals surface area contributed by atoms with Crippen LogP contribution in [0.1, 0.15) is 10.5 Å². The Morgan fingerprint density at radius 3 is 2.37 bits per heavy atom. The highest BCUT2D eigenvalue weighted by atomic mass is 16.6. The SMILES string of the molecule is COc1ccc(-c2cc(C(=O)O)n(-c3ccc([N+](=O)[O-])cc3)n2)c(OC)c1. The molecule has 0 bridgehead atoms. The number of hydrogen-bond donors (Lipinski definition) is 1. The summed E-state index contributed by atoms with van der Waals surface area (Å²) in [5.74, 6) is -0.122. The molecule has 0 spiro atoms. The Morgan fingerprint density at radius 1 is 1.11 bits per heavy atom. The van der Waals surface area contributed by atoms with Crippen LogP contribution in [-0.4, -0.2) is 40.0 Å². The molecule has 3 aromatic rings. The van der Waals surface area contributed by atoms with E-state index in [-0.39, 0.29) is 11.4 Å².